The molecule has 2 atom stereocenters. The molecule has 0 radical (unpaired) electrons. The van der Waals surface area contributed by atoms with Crippen LogP contribution in [0.5, 0.6) is 0 Å². The molecule has 0 aliphatic carbocycles. The van der Waals surface area contributed by atoms with Gasteiger partial charge < -0.3 is 15.4 Å². The predicted octanol–water partition coefficient (Wildman–Crippen LogP) is 2.76. The van der Waals surface area contributed by atoms with E-state index in [1.54, 1.807) is 0 Å². The second kappa shape index (κ2) is 6.41. The molecule has 1 aliphatic heterocycles. The van der Waals surface area contributed by atoms with Gasteiger partial charge in [0.2, 0.25) is 0 Å². The van der Waals surface area contributed by atoms with Gasteiger partial charge in [0.25, 0.3) is 0 Å². The minimum atomic E-state index is -0.431. The number of amides is 1. The van der Waals surface area contributed by atoms with Crippen molar-refractivity contribution >= 4 is 6.09 Å². The maximum atomic E-state index is 12.3. The summed E-state index contributed by atoms with van der Waals surface area (Å²) in [7, 11) is 0. The molecule has 1 heterocycles. The van der Waals surface area contributed by atoms with Gasteiger partial charge in [-0.2, -0.15) is 0 Å². The first-order valence-corrected chi connectivity index (χ1v) is 7.05. The normalized spacial score (nSPS) is 23.4. The van der Waals surface area contributed by atoms with Gasteiger partial charge in [0.05, 0.1) is 0 Å². The molecule has 0 saturated carbocycles. The molecule has 18 heavy (non-hydrogen) atoms. The fraction of sp³-hybridized carbons (Fsp3) is 0.929. The summed E-state index contributed by atoms with van der Waals surface area (Å²) in [5.41, 5.74) is 5.33. The number of likely N-dealkylation sites (tertiary alicyclic amines) is 1. The van der Waals surface area contributed by atoms with Crippen LogP contribution in [0.1, 0.15) is 53.4 Å². The largest absolute Gasteiger partial charge is 0.444 e. The first-order chi connectivity index (χ1) is 8.35. The molecule has 4 nitrogen and oxygen atoms in total. The lowest BCUT2D eigenvalue weighted by atomic mass is 9.96. The minimum absolute atomic E-state index is 0.185. The number of hydrogen-bond donors (Lipinski definition) is 1. The standard InChI is InChI=1S/C14H28N2O2/c1-11(10-15)12-8-6-5-7-9-16(12)13(17)18-14(2,3)4/h11-12H,5-10,15H2,1-4H3. The SMILES string of the molecule is CC(CN)C1CCCCCN1C(=O)OC(C)(C)C. The van der Waals surface area contributed by atoms with E-state index in [2.05, 4.69) is 6.92 Å². The third-order valence-corrected chi connectivity index (χ3v) is 3.46. The Morgan fingerprint density at radius 2 is 2.06 bits per heavy atom. The van der Waals surface area contributed by atoms with Crippen molar-refractivity contribution in [2.45, 2.75) is 65.0 Å². The average molecular weight is 256 g/mol. The first kappa shape index (κ1) is 15.3. The molecule has 1 amide bonds. The van der Waals surface area contributed by atoms with Gasteiger partial charge in [-0.05, 0) is 46.1 Å². The summed E-state index contributed by atoms with van der Waals surface area (Å²) < 4.78 is 5.50. The van der Waals surface area contributed by atoms with Gasteiger partial charge in [-0.1, -0.05) is 19.8 Å². The lowest BCUT2D eigenvalue weighted by Crippen LogP contribution is -2.47. The molecular weight excluding hydrogens is 228 g/mol. The Hall–Kier alpha value is -0.770. The summed E-state index contributed by atoms with van der Waals surface area (Å²) >= 11 is 0. The van der Waals surface area contributed by atoms with Crippen molar-refractivity contribution in [3.05, 3.63) is 0 Å². The van der Waals surface area contributed by atoms with Crippen LogP contribution in [-0.2, 0) is 4.74 Å². The Bertz CT molecular complexity index is 273. The smallest absolute Gasteiger partial charge is 0.410 e. The Morgan fingerprint density at radius 3 is 2.61 bits per heavy atom. The van der Waals surface area contributed by atoms with Crippen LogP contribution in [0.3, 0.4) is 0 Å². The fourth-order valence-electron chi connectivity index (χ4n) is 2.43. The van der Waals surface area contributed by atoms with Crippen molar-refractivity contribution in [2.24, 2.45) is 11.7 Å². The molecule has 0 bridgehead atoms. The van der Waals surface area contributed by atoms with E-state index in [9.17, 15) is 4.79 Å². The number of nitrogens with zero attached hydrogens (tertiary/aromatic N) is 1. The van der Waals surface area contributed by atoms with Gasteiger partial charge in [0.1, 0.15) is 5.60 Å². The van der Waals surface area contributed by atoms with Crippen molar-refractivity contribution in [2.75, 3.05) is 13.1 Å². The van der Waals surface area contributed by atoms with Crippen LogP contribution in [0.15, 0.2) is 0 Å². The van der Waals surface area contributed by atoms with Gasteiger partial charge in [0.15, 0.2) is 0 Å². The predicted molar refractivity (Wildman–Crippen MR) is 73.4 cm³/mol. The number of rotatable bonds is 2. The molecule has 0 aromatic carbocycles. The zero-order valence-corrected chi connectivity index (χ0v) is 12.2. The van der Waals surface area contributed by atoms with E-state index in [1.165, 1.54) is 12.8 Å². The van der Waals surface area contributed by atoms with E-state index >= 15 is 0 Å². The third-order valence-electron chi connectivity index (χ3n) is 3.46. The molecule has 0 spiro atoms. The minimum Gasteiger partial charge on any atom is -0.444 e. The topological polar surface area (TPSA) is 55.6 Å². The molecule has 2 unspecified atom stereocenters. The van der Waals surface area contributed by atoms with Crippen LogP contribution in [0, 0.1) is 5.92 Å². The summed E-state index contributed by atoms with van der Waals surface area (Å²) in [6.07, 6.45) is 4.28. The van der Waals surface area contributed by atoms with Crippen molar-refractivity contribution in [1.82, 2.24) is 4.90 Å². The quantitative estimate of drug-likeness (QED) is 0.826. The van der Waals surface area contributed by atoms with Gasteiger partial charge in [0, 0.05) is 12.6 Å². The molecule has 1 aliphatic rings. The zero-order valence-electron chi connectivity index (χ0n) is 12.2. The van der Waals surface area contributed by atoms with Crippen LogP contribution in [0.4, 0.5) is 4.79 Å². The highest BCUT2D eigenvalue weighted by atomic mass is 16.6. The highest BCUT2D eigenvalue weighted by Gasteiger charge is 2.31. The first-order valence-electron chi connectivity index (χ1n) is 7.05. The lowest BCUT2D eigenvalue weighted by Gasteiger charge is -2.35. The van der Waals surface area contributed by atoms with Gasteiger partial charge in [-0.3, -0.25) is 0 Å². The number of ether oxygens (including phenoxy) is 1. The Labute approximate surface area is 111 Å². The van der Waals surface area contributed by atoms with Crippen LogP contribution in [-0.4, -0.2) is 35.7 Å². The second-order valence-electron chi connectivity index (χ2n) is 6.30. The molecule has 106 valence electrons. The average Bonchev–Trinajstić information content (AvgIpc) is 2.50. The molecule has 1 fully saturated rings. The molecule has 4 heteroatoms. The highest BCUT2D eigenvalue weighted by Crippen LogP contribution is 2.24. The number of carbonyl (C=O) groups excluding carboxylic acids is 1. The van der Waals surface area contributed by atoms with Crippen LogP contribution in [0.2, 0.25) is 0 Å². The van der Waals surface area contributed by atoms with Crippen molar-refractivity contribution in [1.29, 1.82) is 0 Å². The summed E-state index contributed by atoms with van der Waals surface area (Å²) in [5, 5.41) is 0. The summed E-state index contributed by atoms with van der Waals surface area (Å²) in [4.78, 5) is 14.2. The summed E-state index contributed by atoms with van der Waals surface area (Å²) in [5.74, 6) is 0.329. The van der Waals surface area contributed by atoms with E-state index in [0.717, 1.165) is 19.4 Å². The van der Waals surface area contributed by atoms with Gasteiger partial charge >= 0.3 is 6.09 Å². The Kier molecular flexibility index (Phi) is 5.45. The monoisotopic (exact) mass is 256 g/mol. The van der Waals surface area contributed by atoms with E-state index in [-0.39, 0.29) is 12.1 Å². The number of carbonyl (C=O) groups is 1. The Morgan fingerprint density at radius 1 is 1.39 bits per heavy atom. The zero-order chi connectivity index (χ0) is 13.8. The van der Waals surface area contributed by atoms with E-state index in [1.807, 2.05) is 25.7 Å². The van der Waals surface area contributed by atoms with E-state index < -0.39 is 5.60 Å². The fourth-order valence-corrected chi connectivity index (χ4v) is 2.43. The van der Waals surface area contributed by atoms with Crippen molar-refractivity contribution in [3.63, 3.8) is 0 Å². The maximum absolute atomic E-state index is 12.3. The number of nitrogens with two attached hydrogens (primary N) is 1. The van der Waals surface area contributed by atoms with E-state index in [4.69, 9.17) is 10.5 Å². The molecular formula is C14H28N2O2. The lowest BCUT2D eigenvalue weighted by molar-refractivity contribution is 0.0113. The van der Waals surface area contributed by atoms with Gasteiger partial charge in [-0.15, -0.1) is 0 Å². The number of hydrogen-bond acceptors (Lipinski definition) is 3. The highest BCUT2D eigenvalue weighted by molar-refractivity contribution is 5.68. The maximum Gasteiger partial charge on any atom is 0.410 e. The van der Waals surface area contributed by atoms with Crippen LogP contribution < -0.4 is 5.73 Å². The molecule has 1 saturated heterocycles. The second-order valence-corrected chi connectivity index (χ2v) is 6.30. The molecule has 0 aromatic rings. The summed E-state index contributed by atoms with van der Waals surface area (Å²) in [6.45, 7) is 9.25. The Balaban J connectivity index is 2.75. The van der Waals surface area contributed by atoms with Crippen molar-refractivity contribution in [3.8, 4) is 0 Å². The summed E-state index contributed by atoms with van der Waals surface area (Å²) in [6, 6.07) is 0.229. The van der Waals surface area contributed by atoms with Crippen LogP contribution >= 0.6 is 0 Å². The van der Waals surface area contributed by atoms with Crippen molar-refractivity contribution < 1.29 is 9.53 Å². The third kappa shape index (κ3) is 4.48. The molecule has 1 rings (SSSR count). The van der Waals surface area contributed by atoms with E-state index in [0.29, 0.717) is 12.5 Å². The molecule has 2 N–H and O–H groups in total. The molecule has 0 aromatic heterocycles. The van der Waals surface area contributed by atoms with Crippen LogP contribution in [0.25, 0.3) is 0 Å². The van der Waals surface area contributed by atoms with Gasteiger partial charge in [-0.25, -0.2) is 4.79 Å².